The number of ether oxygens (including phenoxy) is 2. The fraction of sp³-hybridized carbons (Fsp3) is 0.450. The highest BCUT2D eigenvalue weighted by molar-refractivity contribution is 6.15. The molecule has 4 amide bonds. The Morgan fingerprint density at radius 2 is 1.93 bits per heavy atom. The third kappa shape index (κ3) is 2.52. The average Bonchev–Trinajstić information content (AvgIpc) is 3.38. The third-order valence-electron chi connectivity index (χ3n) is 5.93. The van der Waals surface area contributed by atoms with E-state index in [4.69, 9.17) is 9.47 Å². The number of benzene rings is 1. The summed E-state index contributed by atoms with van der Waals surface area (Å²) in [4.78, 5) is 66.9. The van der Waals surface area contributed by atoms with Gasteiger partial charge in [-0.3, -0.25) is 19.3 Å². The minimum absolute atomic E-state index is 0.0757. The Balaban J connectivity index is 1.48. The van der Waals surface area contributed by atoms with Crippen LogP contribution in [0.15, 0.2) is 24.3 Å². The van der Waals surface area contributed by atoms with Crippen molar-refractivity contribution in [2.24, 2.45) is 0 Å². The van der Waals surface area contributed by atoms with Gasteiger partial charge in [0.05, 0.1) is 17.8 Å². The van der Waals surface area contributed by atoms with Gasteiger partial charge in [0.1, 0.15) is 6.61 Å². The van der Waals surface area contributed by atoms with Crippen LogP contribution in [0.1, 0.15) is 36.0 Å². The fourth-order valence-electron chi connectivity index (χ4n) is 4.45. The molecule has 0 unspecified atom stereocenters. The van der Waals surface area contributed by atoms with Gasteiger partial charge in [-0.05, 0) is 25.0 Å². The van der Waals surface area contributed by atoms with Crippen LogP contribution >= 0.6 is 0 Å². The number of rotatable bonds is 4. The minimum Gasteiger partial charge on any atom is -0.452 e. The molecule has 0 N–H and O–H groups in total. The second-order valence-corrected chi connectivity index (χ2v) is 7.71. The highest BCUT2D eigenvalue weighted by Crippen LogP contribution is 2.49. The highest BCUT2D eigenvalue weighted by Gasteiger charge is 2.64. The first-order valence-corrected chi connectivity index (χ1v) is 9.85. The maximum Gasteiger partial charge on any atom is 0.416 e. The molecule has 0 bridgehead atoms. The van der Waals surface area contributed by atoms with Crippen molar-refractivity contribution in [2.75, 3.05) is 24.7 Å². The van der Waals surface area contributed by atoms with Crippen LogP contribution in [0.2, 0.25) is 0 Å². The van der Waals surface area contributed by atoms with Crippen molar-refractivity contribution in [1.82, 2.24) is 9.80 Å². The zero-order valence-corrected chi connectivity index (χ0v) is 16.0. The first-order valence-electron chi connectivity index (χ1n) is 9.85. The van der Waals surface area contributed by atoms with Crippen LogP contribution in [0.5, 0.6) is 0 Å². The maximum atomic E-state index is 13.3. The number of esters is 1. The number of cyclic esters (lactones) is 1. The van der Waals surface area contributed by atoms with Gasteiger partial charge in [-0.15, -0.1) is 0 Å². The van der Waals surface area contributed by atoms with Gasteiger partial charge in [-0.1, -0.05) is 12.1 Å². The number of anilines is 1. The molecule has 3 heterocycles. The van der Waals surface area contributed by atoms with Crippen LogP contribution < -0.4 is 4.90 Å². The number of nitrogens with zero attached hydrogens (tertiary/aromatic N) is 3. The Morgan fingerprint density at radius 1 is 1.17 bits per heavy atom. The molecule has 156 valence electrons. The number of imide groups is 1. The van der Waals surface area contributed by atoms with Gasteiger partial charge in [0.25, 0.3) is 11.8 Å². The van der Waals surface area contributed by atoms with Gasteiger partial charge in [-0.2, -0.15) is 0 Å². The standard InChI is InChI=1S/C20H19N3O7/c24-15-7-8-20(18(27)30-11-16(25)21-9-10-29-19(21)28)22(12-5-6-12)17(26)13-3-1-2-4-14(13)23(15)20/h1-4,12H,5-11H2/t20-/m1/s1. The molecule has 30 heavy (non-hydrogen) atoms. The summed E-state index contributed by atoms with van der Waals surface area (Å²) in [6.07, 6.45) is 0.828. The lowest BCUT2D eigenvalue weighted by atomic mass is 9.96. The lowest BCUT2D eigenvalue weighted by molar-refractivity contribution is -0.161. The predicted molar refractivity (Wildman–Crippen MR) is 99.1 cm³/mol. The van der Waals surface area contributed by atoms with Gasteiger partial charge in [-0.25, -0.2) is 14.5 Å². The Hall–Kier alpha value is -3.43. The molecule has 10 nitrogen and oxygen atoms in total. The van der Waals surface area contributed by atoms with Crippen LogP contribution in [0.25, 0.3) is 0 Å². The summed E-state index contributed by atoms with van der Waals surface area (Å²) in [5, 5.41) is 0. The molecule has 0 aromatic heterocycles. The van der Waals surface area contributed by atoms with Crippen LogP contribution in [-0.4, -0.2) is 71.0 Å². The molecular weight excluding hydrogens is 394 g/mol. The van der Waals surface area contributed by atoms with Crippen LogP contribution in [0.3, 0.4) is 0 Å². The Labute approximate surface area is 171 Å². The van der Waals surface area contributed by atoms with E-state index in [1.165, 1.54) is 9.80 Å². The number of para-hydroxylation sites is 1. The van der Waals surface area contributed by atoms with E-state index >= 15 is 0 Å². The van der Waals surface area contributed by atoms with E-state index in [2.05, 4.69) is 0 Å². The van der Waals surface area contributed by atoms with Gasteiger partial charge in [0, 0.05) is 18.9 Å². The monoisotopic (exact) mass is 413 g/mol. The quantitative estimate of drug-likeness (QED) is 0.666. The van der Waals surface area contributed by atoms with E-state index in [9.17, 15) is 24.0 Å². The SMILES string of the molecule is O=C(COC(=O)[C@@]12CCC(=O)N1c1ccccc1C(=O)N2C1CC1)N1CCOC1=O. The van der Waals surface area contributed by atoms with Crippen LogP contribution in [-0.2, 0) is 23.9 Å². The summed E-state index contributed by atoms with van der Waals surface area (Å²) in [6.45, 7) is -0.497. The molecule has 10 heteroatoms. The largest absolute Gasteiger partial charge is 0.452 e. The topological polar surface area (TPSA) is 114 Å². The van der Waals surface area contributed by atoms with Crippen LogP contribution in [0, 0.1) is 0 Å². The lowest BCUT2D eigenvalue weighted by Crippen LogP contribution is -2.69. The number of carbonyl (C=O) groups is 5. The normalized spacial score (nSPS) is 25.2. The third-order valence-corrected chi connectivity index (χ3v) is 5.93. The summed E-state index contributed by atoms with van der Waals surface area (Å²) < 4.78 is 10.0. The average molecular weight is 413 g/mol. The molecule has 5 rings (SSSR count). The molecule has 1 atom stereocenters. The highest BCUT2D eigenvalue weighted by atomic mass is 16.6. The number of fused-ring (bicyclic) bond motifs is 3. The Morgan fingerprint density at radius 3 is 2.63 bits per heavy atom. The zero-order valence-electron chi connectivity index (χ0n) is 16.0. The summed E-state index contributed by atoms with van der Waals surface area (Å²) in [6, 6.07) is 6.51. The Kier molecular flexibility index (Phi) is 4.05. The van der Waals surface area contributed by atoms with Crippen LogP contribution in [0.4, 0.5) is 10.5 Å². The molecule has 1 aromatic carbocycles. The van der Waals surface area contributed by atoms with E-state index in [0.29, 0.717) is 11.3 Å². The van der Waals surface area contributed by atoms with E-state index < -0.39 is 30.2 Å². The number of amides is 4. The number of carbonyl (C=O) groups excluding carboxylic acids is 5. The van der Waals surface area contributed by atoms with Gasteiger partial charge >= 0.3 is 12.1 Å². The van der Waals surface area contributed by atoms with E-state index in [0.717, 1.165) is 17.7 Å². The molecule has 3 aliphatic heterocycles. The van der Waals surface area contributed by atoms with Gasteiger partial charge in [0.15, 0.2) is 6.61 Å². The predicted octanol–water partition coefficient (Wildman–Crippen LogP) is 0.650. The van der Waals surface area contributed by atoms with Crippen molar-refractivity contribution in [3.63, 3.8) is 0 Å². The Bertz CT molecular complexity index is 988. The molecule has 1 saturated carbocycles. The zero-order chi connectivity index (χ0) is 21.0. The van der Waals surface area contributed by atoms with Gasteiger partial charge in [0.2, 0.25) is 11.6 Å². The van der Waals surface area contributed by atoms with Crippen molar-refractivity contribution in [1.29, 1.82) is 0 Å². The van der Waals surface area contributed by atoms with Gasteiger partial charge < -0.3 is 14.4 Å². The summed E-state index contributed by atoms with van der Waals surface area (Å²) in [7, 11) is 0. The first kappa shape index (κ1) is 18.6. The lowest BCUT2D eigenvalue weighted by Gasteiger charge is -2.48. The number of hydrogen-bond acceptors (Lipinski definition) is 7. The molecule has 4 aliphatic rings. The van der Waals surface area contributed by atoms with Crippen molar-refractivity contribution >= 4 is 35.5 Å². The van der Waals surface area contributed by atoms with Crippen molar-refractivity contribution in [2.45, 2.75) is 37.4 Å². The summed E-state index contributed by atoms with van der Waals surface area (Å²) >= 11 is 0. The van der Waals surface area contributed by atoms with Crippen molar-refractivity contribution in [3.8, 4) is 0 Å². The van der Waals surface area contributed by atoms with Crippen molar-refractivity contribution < 1.29 is 33.4 Å². The fourth-order valence-corrected chi connectivity index (χ4v) is 4.45. The molecular formula is C20H19N3O7. The molecule has 2 saturated heterocycles. The molecule has 3 fully saturated rings. The number of hydrogen-bond donors (Lipinski definition) is 0. The molecule has 1 aliphatic carbocycles. The second kappa shape index (κ2) is 6.54. The smallest absolute Gasteiger partial charge is 0.416 e. The first-order chi connectivity index (χ1) is 14.4. The van der Waals surface area contributed by atoms with E-state index in [1.54, 1.807) is 24.3 Å². The molecule has 0 spiro atoms. The van der Waals surface area contributed by atoms with E-state index in [1.807, 2.05) is 0 Å². The van der Waals surface area contributed by atoms with E-state index in [-0.39, 0.29) is 43.8 Å². The maximum absolute atomic E-state index is 13.3. The molecule has 0 radical (unpaired) electrons. The van der Waals surface area contributed by atoms with Crippen molar-refractivity contribution in [3.05, 3.63) is 29.8 Å². The minimum atomic E-state index is -1.62. The second-order valence-electron chi connectivity index (χ2n) is 7.71. The summed E-state index contributed by atoms with van der Waals surface area (Å²) in [5.41, 5.74) is -0.887. The summed E-state index contributed by atoms with van der Waals surface area (Å²) in [5.74, 6) is -2.17. The molecule has 1 aromatic rings.